The lowest BCUT2D eigenvalue weighted by atomic mass is 10.2. The van der Waals surface area contributed by atoms with Gasteiger partial charge in [-0.3, -0.25) is 15.4 Å². The Morgan fingerprint density at radius 2 is 1.60 bits per heavy atom. The highest BCUT2D eigenvalue weighted by molar-refractivity contribution is 7.92. The number of ether oxygens (including phenoxy) is 6. The van der Waals surface area contributed by atoms with Crippen molar-refractivity contribution in [2.45, 2.75) is 11.9 Å². The molecule has 0 atom stereocenters. The van der Waals surface area contributed by atoms with E-state index in [9.17, 15) is 13.2 Å². The van der Waals surface area contributed by atoms with Crippen LogP contribution in [-0.2, 0) is 29.1 Å². The van der Waals surface area contributed by atoms with Crippen molar-refractivity contribution in [3.8, 4) is 34.5 Å². The average molecular weight is 689 g/mol. The maximum absolute atomic E-state index is 14.2. The standard InChI is InChI=1S/C29H32N6O12S/c1-20-8-9-24(31-18-20)48(39,40)34(19-45-29(36)44-16-14-43-15-17-46-35(37)38)27-25(47-23-7-5-4-6-22(23)41-2)28(42-3)33-26(32-27)21-10-12-30-13-11-21/h4-13,18,37-38H,14-17,19H2,1-3H3. The van der Waals surface area contributed by atoms with Crippen LogP contribution in [0.4, 0.5) is 10.6 Å². The number of para-hydroxylation sites is 2. The molecular formula is C29H32N6O12S. The largest absolute Gasteiger partial charge is 0.510 e. The quantitative estimate of drug-likeness (QED) is 0.0703. The third kappa shape index (κ3) is 9.44. The minimum atomic E-state index is -4.63. The second-order valence-corrected chi connectivity index (χ2v) is 11.1. The Balaban J connectivity index is 1.74. The van der Waals surface area contributed by atoms with E-state index < -0.39 is 33.3 Å². The maximum Gasteiger partial charge on any atom is 0.510 e. The normalized spacial score (nSPS) is 11.2. The number of hydrogen-bond donors (Lipinski definition) is 2. The Morgan fingerprint density at radius 3 is 2.27 bits per heavy atom. The summed E-state index contributed by atoms with van der Waals surface area (Å²) in [5.41, 5.74) is 1.15. The fraction of sp³-hybridized carbons (Fsp3) is 0.276. The van der Waals surface area contributed by atoms with Crippen molar-refractivity contribution in [1.29, 1.82) is 0 Å². The molecule has 3 aromatic heterocycles. The van der Waals surface area contributed by atoms with Crippen LogP contribution in [0.15, 0.2) is 72.1 Å². The lowest BCUT2D eigenvalue weighted by molar-refractivity contribution is -0.493. The van der Waals surface area contributed by atoms with Crippen molar-refractivity contribution in [3.63, 3.8) is 0 Å². The average Bonchev–Trinajstić information content (AvgIpc) is 3.09. The van der Waals surface area contributed by atoms with Crippen LogP contribution in [0.1, 0.15) is 5.56 Å². The SMILES string of the molecule is COc1ccccc1Oc1c(OC)nc(-c2ccncc2)nc1N(COC(=O)OCCOCCON(O)O)S(=O)(=O)c1ccc(C)cn1. The number of methoxy groups -OCH3 is 2. The molecule has 256 valence electrons. The van der Waals surface area contributed by atoms with E-state index in [1.807, 2.05) is 0 Å². The van der Waals surface area contributed by atoms with Gasteiger partial charge in [0.2, 0.25) is 5.75 Å². The van der Waals surface area contributed by atoms with Crippen molar-refractivity contribution in [2.75, 3.05) is 51.7 Å². The van der Waals surface area contributed by atoms with Crippen molar-refractivity contribution in [1.82, 2.24) is 25.3 Å². The third-order valence-corrected chi connectivity index (χ3v) is 7.71. The van der Waals surface area contributed by atoms with Crippen LogP contribution < -0.4 is 18.5 Å². The molecular weight excluding hydrogens is 656 g/mol. The Labute approximate surface area is 274 Å². The molecule has 2 N–H and O–H groups in total. The predicted molar refractivity (Wildman–Crippen MR) is 163 cm³/mol. The van der Waals surface area contributed by atoms with Gasteiger partial charge in [0.25, 0.3) is 15.9 Å². The molecule has 4 aromatic rings. The number of sulfonamides is 1. The van der Waals surface area contributed by atoms with E-state index in [4.69, 9.17) is 38.8 Å². The van der Waals surface area contributed by atoms with Crippen molar-refractivity contribution >= 4 is 22.0 Å². The Kier molecular flexibility index (Phi) is 12.7. The van der Waals surface area contributed by atoms with Crippen molar-refractivity contribution < 1.29 is 56.9 Å². The topological polar surface area (TPSA) is 214 Å². The Morgan fingerprint density at radius 1 is 0.875 bits per heavy atom. The van der Waals surface area contributed by atoms with Crippen LogP contribution in [0.25, 0.3) is 11.4 Å². The minimum absolute atomic E-state index is 0.0305. The molecule has 0 aliphatic rings. The highest BCUT2D eigenvalue weighted by atomic mass is 32.2. The van der Waals surface area contributed by atoms with E-state index in [0.717, 1.165) is 0 Å². The second-order valence-electron chi connectivity index (χ2n) is 9.30. The van der Waals surface area contributed by atoms with E-state index >= 15 is 0 Å². The zero-order valence-corrected chi connectivity index (χ0v) is 26.8. The molecule has 0 amide bonds. The monoisotopic (exact) mass is 688 g/mol. The van der Waals surface area contributed by atoms with Gasteiger partial charge in [-0.05, 0) is 42.8 Å². The molecule has 4 rings (SSSR count). The lowest BCUT2D eigenvalue weighted by Gasteiger charge is -2.25. The summed E-state index contributed by atoms with van der Waals surface area (Å²) < 4.78 is 61.6. The molecule has 0 bridgehead atoms. The van der Waals surface area contributed by atoms with Gasteiger partial charge in [0.1, 0.15) is 6.61 Å². The molecule has 0 radical (unpaired) electrons. The Hall–Kier alpha value is -5.18. The number of pyridine rings is 2. The summed E-state index contributed by atoms with van der Waals surface area (Å²) in [5, 5.41) is 16.2. The molecule has 0 saturated heterocycles. The van der Waals surface area contributed by atoms with E-state index in [0.29, 0.717) is 21.2 Å². The lowest BCUT2D eigenvalue weighted by Crippen LogP contribution is -2.36. The first kappa shape index (κ1) is 35.7. The third-order valence-electron chi connectivity index (χ3n) is 6.09. The van der Waals surface area contributed by atoms with Crippen molar-refractivity contribution in [2.24, 2.45) is 0 Å². The zero-order valence-electron chi connectivity index (χ0n) is 26.0. The first-order valence-electron chi connectivity index (χ1n) is 13.9. The summed E-state index contributed by atoms with van der Waals surface area (Å²) in [5.74, 6) is -0.293. The molecule has 0 saturated carbocycles. The van der Waals surface area contributed by atoms with Crippen LogP contribution in [0.3, 0.4) is 0 Å². The smallest absolute Gasteiger partial charge is 0.493 e. The molecule has 0 spiro atoms. The summed E-state index contributed by atoms with van der Waals surface area (Å²) >= 11 is 0. The molecule has 0 unspecified atom stereocenters. The fourth-order valence-electron chi connectivity index (χ4n) is 3.84. The van der Waals surface area contributed by atoms with Gasteiger partial charge >= 0.3 is 6.16 Å². The molecule has 48 heavy (non-hydrogen) atoms. The van der Waals surface area contributed by atoms with E-state index in [1.54, 1.807) is 49.4 Å². The van der Waals surface area contributed by atoms with Gasteiger partial charge in [-0.1, -0.05) is 18.2 Å². The van der Waals surface area contributed by atoms with Gasteiger partial charge in [-0.15, -0.1) is 0 Å². The highest BCUT2D eigenvalue weighted by Crippen LogP contribution is 2.43. The number of anilines is 1. The summed E-state index contributed by atoms with van der Waals surface area (Å²) in [7, 11) is -1.89. The molecule has 19 heteroatoms. The fourth-order valence-corrected chi connectivity index (χ4v) is 5.03. The Bertz CT molecular complexity index is 1750. The molecule has 0 aliphatic carbocycles. The van der Waals surface area contributed by atoms with Gasteiger partial charge in [-0.2, -0.15) is 13.4 Å². The summed E-state index contributed by atoms with van der Waals surface area (Å²) in [6.45, 7) is 0.131. The first-order valence-corrected chi connectivity index (χ1v) is 15.4. The van der Waals surface area contributed by atoms with Crippen molar-refractivity contribution in [3.05, 3.63) is 72.7 Å². The maximum atomic E-state index is 14.2. The van der Waals surface area contributed by atoms with Crippen LogP contribution in [-0.4, -0.2) is 97.7 Å². The van der Waals surface area contributed by atoms with Gasteiger partial charge < -0.3 is 28.4 Å². The number of nitrogens with zero attached hydrogens (tertiary/aromatic N) is 6. The molecule has 18 nitrogen and oxygen atoms in total. The number of benzene rings is 1. The predicted octanol–water partition coefficient (Wildman–Crippen LogP) is 3.39. The van der Waals surface area contributed by atoms with Gasteiger partial charge in [0.15, 0.2) is 34.9 Å². The molecule has 0 fully saturated rings. The molecule has 3 heterocycles. The van der Waals surface area contributed by atoms with E-state index in [-0.39, 0.29) is 55.4 Å². The number of carbonyl (C=O) groups excluding carboxylic acids is 1. The number of rotatable bonds is 17. The number of aryl methyl sites for hydroxylation is 1. The number of carbonyl (C=O) groups is 1. The number of hydrogen-bond acceptors (Lipinski definition) is 17. The first-order chi connectivity index (χ1) is 23.1. The van der Waals surface area contributed by atoms with Gasteiger partial charge in [-0.25, -0.2) is 23.9 Å². The van der Waals surface area contributed by atoms with Gasteiger partial charge in [0, 0.05) is 24.2 Å². The summed E-state index contributed by atoms with van der Waals surface area (Å²) in [4.78, 5) is 34.0. The van der Waals surface area contributed by atoms with E-state index in [2.05, 4.69) is 24.8 Å². The van der Waals surface area contributed by atoms with Gasteiger partial charge in [0.05, 0.1) is 39.4 Å². The van der Waals surface area contributed by atoms with E-state index in [1.165, 1.54) is 38.9 Å². The minimum Gasteiger partial charge on any atom is -0.493 e. The van der Waals surface area contributed by atoms with Crippen LogP contribution >= 0.6 is 0 Å². The van der Waals surface area contributed by atoms with Crippen LogP contribution in [0, 0.1) is 6.92 Å². The highest BCUT2D eigenvalue weighted by Gasteiger charge is 2.35. The summed E-state index contributed by atoms with van der Waals surface area (Å²) in [6, 6.07) is 12.6. The summed E-state index contributed by atoms with van der Waals surface area (Å²) in [6.07, 6.45) is 3.11. The number of aromatic nitrogens is 4. The molecule has 1 aromatic carbocycles. The zero-order chi connectivity index (χ0) is 34.5. The second kappa shape index (κ2) is 17.1. The molecule has 0 aliphatic heterocycles. The van der Waals surface area contributed by atoms with Crippen LogP contribution in [0.2, 0.25) is 0 Å². The van der Waals surface area contributed by atoms with Crippen LogP contribution in [0.5, 0.6) is 23.1 Å².